The molecule has 82 valence electrons. The third-order valence-electron chi connectivity index (χ3n) is 3.13. The molecule has 0 radical (unpaired) electrons. The fraction of sp³-hybridized carbons (Fsp3) is 0.583. The highest BCUT2D eigenvalue weighted by Gasteiger charge is 2.26. The molecule has 15 heavy (non-hydrogen) atoms. The van der Waals surface area contributed by atoms with Crippen LogP contribution in [0.5, 0.6) is 0 Å². The summed E-state index contributed by atoms with van der Waals surface area (Å²) in [6.07, 6.45) is 7.64. The zero-order valence-corrected chi connectivity index (χ0v) is 9.11. The minimum absolute atomic E-state index is 0.121. The molecular weight excluding hydrogens is 190 g/mol. The van der Waals surface area contributed by atoms with Crippen LogP contribution < -0.4 is 0 Å². The predicted octanol–water partition coefficient (Wildman–Crippen LogP) is 2.68. The van der Waals surface area contributed by atoms with Gasteiger partial charge in [0.05, 0.1) is 11.8 Å². The second-order valence-corrected chi connectivity index (χ2v) is 4.07. The van der Waals surface area contributed by atoms with Crippen molar-refractivity contribution in [2.75, 3.05) is 6.54 Å². The molecule has 1 aromatic heterocycles. The molecule has 1 aliphatic heterocycles. The average molecular weight is 207 g/mol. The minimum Gasteiger partial charge on any atom is -0.472 e. The monoisotopic (exact) mass is 207 g/mol. The number of rotatable bonds is 2. The van der Waals surface area contributed by atoms with Gasteiger partial charge in [-0.15, -0.1) is 0 Å². The highest BCUT2D eigenvalue weighted by Crippen LogP contribution is 2.21. The zero-order chi connectivity index (χ0) is 10.7. The molecule has 2 rings (SSSR count). The Morgan fingerprint density at radius 2 is 2.47 bits per heavy atom. The molecule has 2 heterocycles. The van der Waals surface area contributed by atoms with Crippen LogP contribution >= 0.6 is 0 Å². The van der Waals surface area contributed by atoms with Crippen LogP contribution in [0.1, 0.15) is 43.0 Å². The van der Waals surface area contributed by atoms with Crippen LogP contribution in [0, 0.1) is 0 Å². The third kappa shape index (κ3) is 2.06. The molecule has 0 bridgehead atoms. The minimum atomic E-state index is 0.121. The van der Waals surface area contributed by atoms with Crippen LogP contribution in [0.15, 0.2) is 23.0 Å². The van der Waals surface area contributed by atoms with Crippen molar-refractivity contribution in [3.8, 4) is 0 Å². The number of hydrogen-bond donors (Lipinski definition) is 0. The maximum Gasteiger partial charge on any atom is 0.257 e. The maximum atomic E-state index is 12.1. The number of likely N-dealkylation sites (tertiary alicyclic amines) is 1. The Hall–Kier alpha value is -1.25. The molecule has 3 heteroatoms. The van der Waals surface area contributed by atoms with E-state index in [-0.39, 0.29) is 5.91 Å². The highest BCUT2D eigenvalue weighted by molar-refractivity contribution is 5.94. The molecule has 0 aromatic carbocycles. The van der Waals surface area contributed by atoms with Gasteiger partial charge in [0.1, 0.15) is 6.26 Å². The van der Waals surface area contributed by atoms with Crippen molar-refractivity contribution in [1.29, 1.82) is 0 Å². The zero-order valence-electron chi connectivity index (χ0n) is 9.11. The van der Waals surface area contributed by atoms with Gasteiger partial charge in [0.15, 0.2) is 0 Å². The van der Waals surface area contributed by atoms with Crippen molar-refractivity contribution < 1.29 is 9.21 Å². The molecule has 0 spiro atoms. The number of carbonyl (C=O) groups excluding carboxylic acids is 1. The molecule has 3 nitrogen and oxygen atoms in total. The first kappa shape index (κ1) is 10.3. The van der Waals surface area contributed by atoms with Crippen molar-refractivity contribution >= 4 is 5.91 Å². The van der Waals surface area contributed by atoms with Gasteiger partial charge < -0.3 is 9.32 Å². The van der Waals surface area contributed by atoms with Gasteiger partial charge >= 0.3 is 0 Å². The van der Waals surface area contributed by atoms with E-state index in [1.807, 2.05) is 4.90 Å². The number of furan rings is 1. The Balaban J connectivity index is 2.11. The maximum absolute atomic E-state index is 12.1. The standard InChI is InChI=1S/C12H17NO2/c1-2-11-5-3-4-7-13(11)12(14)10-6-8-15-9-10/h6,8-9,11H,2-5,7H2,1H3. The van der Waals surface area contributed by atoms with Crippen molar-refractivity contribution in [2.45, 2.75) is 38.6 Å². The Bertz CT molecular complexity index is 318. The molecule has 1 aliphatic rings. The number of amides is 1. The summed E-state index contributed by atoms with van der Waals surface area (Å²) < 4.78 is 4.95. The summed E-state index contributed by atoms with van der Waals surface area (Å²) in [5.74, 6) is 0.121. The molecule has 0 saturated carbocycles. The van der Waals surface area contributed by atoms with Crippen LogP contribution in [0.25, 0.3) is 0 Å². The summed E-state index contributed by atoms with van der Waals surface area (Å²) in [4.78, 5) is 14.1. The van der Waals surface area contributed by atoms with Crippen molar-refractivity contribution in [2.24, 2.45) is 0 Å². The van der Waals surface area contributed by atoms with E-state index < -0.39 is 0 Å². The second kappa shape index (κ2) is 4.51. The van der Waals surface area contributed by atoms with Crippen molar-refractivity contribution in [3.05, 3.63) is 24.2 Å². The van der Waals surface area contributed by atoms with Gasteiger partial charge in [0, 0.05) is 12.6 Å². The summed E-state index contributed by atoms with van der Waals surface area (Å²) in [5.41, 5.74) is 0.676. The molecule has 1 saturated heterocycles. The van der Waals surface area contributed by atoms with E-state index in [0.717, 1.165) is 25.8 Å². The summed E-state index contributed by atoms with van der Waals surface area (Å²) in [5, 5.41) is 0. The second-order valence-electron chi connectivity index (χ2n) is 4.07. The van der Waals surface area contributed by atoms with Gasteiger partial charge in [-0.1, -0.05) is 6.92 Å². The fourth-order valence-corrected chi connectivity index (χ4v) is 2.24. The SMILES string of the molecule is CCC1CCCCN1C(=O)c1ccoc1. The van der Waals surface area contributed by atoms with E-state index >= 15 is 0 Å². The molecule has 0 N–H and O–H groups in total. The lowest BCUT2D eigenvalue weighted by Crippen LogP contribution is -2.43. The lowest BCUT2D eigenvalue weighted by molar-refractivity contribution is 0.0607. The Morgan fingerprint density at radius 1 is 1.60 bits per heavy atom. The molecule has 1 aromatic rings. The highest BCUT2D eigenvalue weighted by atomic mass is 16.3. The first-order valence-electron chi connectivity index (χ1n) is 5.66. The van der Waals surface area contributed by atoms with Crippen LogP contribution in [0.3, 0.4) is 0 Å². The Morgan fingerprint density at radius 3 is 3.13 bits per heavy atom. The van der Waals surface area contributed by atoms with E-state index in [2.05, 4.69) is 6.92 Å². The van der Waals surface area contributed by atoms with Gasteiger partial charge in [0.25, 0.3) is 5.91 Å². The Labute approximate surface area is 90.1 Å². The smallest absolute Gasteiger partial charge is 0.257 e. The van der Waals surface area contributed by atoms with E-state index in [4.69, 9.17) is 4.42 Å². The summed E-state index contributed by atoms with van der Waals surface area (Å²) in [6.45, 7) is 3.04. The van der Waals surface area contributed by atoms with E-state index in [1.165, 1.54) is 12.7 Å². The van der Waals surface area contributed by atoms with Gasteiger partial charge in [-0.3, -0.25) is 4.79 Å². The largest absolute Gasteiger partial charge is 0.472 e. The first-order chi connectivity index (χ1) is 7.33. The molecule has 1 atom stereocenters. The Kier molecular flexibility index (Phi) is 3.09. The molecule has 0 aliphatic carbocycles. The van der Waals surface area contributed by atoms with Gasteiger partial charge in [0.2, 0.25) is 0 Å². The average Bonchev–Trinajstić information content (AvgIpc) is 2.81. The summed E-state index contributed by atoms with van der Waals surface area (Å²) >= 11 is 0. The van der Waals surface area contributed by atoms with Crippen LogP contribution in [-0.2, 0) is 0 Å². The fourth-order valence-electron chi connectivity index (χ4n) is 2.24. The normalized spacial score (nSPS) is 21.7. The van der Waals surface area contributed by atoms with Gasteiger partial charge in [-0.05, 0) is 31.7 Å². The number of piperidine rings is 1. The molecular formula is C12H17NO2. The van der Waals surface area contributed by atoms with E-state index in [1.54, 1.807) is 12.3 Å². The van der Waals surface area contributed by atoms with E-state index in [0.29, 0.717) is 11.6 Å². The van der Waals surface area contributed by atoms with E-state index in [9.17, 15) is 4.79 Å². The predicted molar refractivity (Wildman–Crippen MR) is 57.7 cm³/mol. The number of nitrogens with zero attached hydrogens (tertiary/aromatic N) is 1. The lowest BCUT2D eigenvalue weighted by Gasteiger charge is -2.35. The molecule has 1 amide bonds. The van der Waals surface area contributed by atoms with Crippen LogP contribution in [0.4, 0.5) is 0 Å². The van der Waals surface area contributed by atoms with Gasteiger partial charge in [-0.25, -0.2) is 0 Å². The summed E-state index contributed by atoms with van der Waals surface area (Å²) in [7, 11) is 0. The third-order valence-corrected chi connectivity index (χ3v) is 3.13. The number of hydrogen-bond acceptors (Lipinski definition) is 2. The van der Waals surface area contributed by atoms with Crippen molar-refractivity contribution in [1.82, 2.24) is 4.90 Å². The van der Waals surface area contributed by atoms with Crippen LogP contribution in [-0.4, -0.2) is 23.4 Å². The first-order valence-corrected chi connectivity index (χ1v) is 5.66. The number of carbonyl (C=O) groups is 1. The topological polar surface area (TPSA) is 33.5 Å². The summed E-state index contributed by atoms with van der Waals surface area (Å²) in [6, 6.07) is 2.16. The quantitative estimate of drug-likeness (QED) is 0.747. The molecule has 1 unspecified atom stereocenters. The van der Waals surface area contributed by atoms with Crippen LogP contribution in [0.2, 0.25) is 0 Å². The van der Waals surface area contributed by atoms with Crippen molar-refractivity contribution in [3.63, 3.8) is 0 Å². The molecule has 1 fully saturated rings. The van der Waals surface area contributed by atoms with Gasteiger partial charge in [-0.2, -0.15) is 0 Å². The lowest BCUT2D eigenvalue weighted by atomic mass is 9.99.